The van der Waals surface area contributed by atoms with Crippen molar-refractivity contribution >= 4 is 11.6 Å². The van der Waals surface area contributed by atoms with E-state index in [4.69, 9.17) is 16.3 Å². The van der Waals surface area contributed by atoms with Crippen LogP contribution in [0.15, 0.2) is 24.3 Å². The van der Waals surface area contributed by atoms with Crippen molar-refractivity contribution in [3.05, 3.63) is 29.3 Å². The molecule has 2 nitrogen and oxygen atoms in total. The van der Waals surface area contributed by atoms with Crippen LogP contribution < -0.4 is 10.1 Å². The molecule has 0 amide bonds. The molecule has 0 unspecified atom stereocenters. The molecular formula is C14H22ClNO. The van der Waals surface area contributed by atoms with Crippen molar-refractivity contribution in [2.45, 2.75) is 32.6 Å². The van der Waals surface area contributed by atoms with Crippen LogP contribution in [0, 0.1) is 0 Å². The van der Waals surface area contributed by atoms with Gasteiger partial charge in [-0.25, -0.2) is 0 Å². The Morgan fingerprint density at radius 1 is 1.18 bits per heavy atom. The number of hydrogen-bond acceptors (Lipinski definition) is 2. The van der Waals surface area contributed by atoms with Gasteiger partial charge in [0.15, 0.2) is 0 Å². The molecule has 1 aromatic rings. The second-order valence-electron chi connectivity index (χ2n) is 4.12. The highest BCUT2D eigenvalue weighted by Gasteiger charge is 1.95. The van der Waals surface area contributed by atoms with Crippen LogP contribution in [0.4, 0.5) is 0 Å². The lowest BCUT2D eigenvalue weighted by molar-refractivity contribution is 0.305. The summed E-state index contributed by atoms with van der Waals surface area (Å²) in [6, 6.07) is 7.55. The highest BCUT2D eigenvalue weighted by atomic mass is 35.5. The molecule has 1 N–H and O–H groups in total. The number of ether oxygens (including phenoxy) is 1. The van der Waals surface area contributed by atoms with Crippen molar-refractivity contribution in [1.82, 2.24) is 5.32 Å². The van der Waals surface area contributed by atoms with E-state index >= 15 is 0 Å². The predicted octanol–water partition coefficient (Wildman–Crippen LogP) is 3.89. The summed E-state index contributed by atoms with van der Waals surface area (Å²) in [6.07, 6.45) is 4.73. The van der Waals surface area contributed by atoms with E-state index in [0.29, 0.717) is 0 Å². The highest BCUT2D eigenvalue weighted by Crippen LogP contribution is 2.17. The van der Waals surface area contributed by atoms with Gasteiger partial charge in [0.1, 0.15) is 5.75 Å². The van der Waals surface area contributed by atoms with Gasteiger partial charge in [0.05, 0.1) is 6.61 Å². The standard InChI is InChI=1S/C14H22ClNO/c1-2-9-16-10-4-3-5-11-17-14-8-6-7-13(15)12-14/h6-8,12,16H,2-5,9-11H2,1H3. The minimum Gasteiger partial charge on any atom is -0.494 e. The third-order valence-electron chi connectivity index (χ3n) is 2.49. The summed E-state index contributed by atoms with van der Waals surface area (Å²) in [5.41, 5.74) is 0. The highest BCUT2D eigenvalue weighted by molar-refractivity contribution is 6.30. The first-order chi connectivity index (χ1) is 8.33. The number of rotatable bonds is 9. The van der Waals surface area contributed by atoms with Crippen molar-refractivity contribution < 1.29 is 4.74 Å². The topological polar surface area (TPSA) is 21.3 Å². The molecule has 0 bridgehead atoms. The second-order valence-corrected chi connectivity index (χ2v) is 4.55. The first-order valence-corrected chi connectivity index (χ1v) is 6.80. The third kappa shape index (κ3) is 7.24. The van der Waals surface area contributed by atoms with E-state index in [1.54, 1.807) is 0 Å². The molecule has 0 spiro atoms. The Hall–Kier alpha value is -0.730. The maximum Gasteiger partial charge on any atom is 0.120 e. The molecule has 0 atom stereocenters. The largest absolute Gasteiger partial charge is 0.494 e. The van der Waals surface area contributed by atoms with Crippen LogP contribution in [0.3, 0.4) is 0 Å². The van der Waals surface area contributed by atoms with E-state index < -0.39 is 0 Å². The van der Waals surface area contributed by atoms with Crippen LogP contribution in [-0.2, 0) is 0 Å². The second kappa shape index (κ2) is 9.32. The molecule has 0 aliphatic heterocycles. The van der Waals surface area contributed by atoms with Crippen LogP contribution in [0.25, 0.3) is 0 Å². The third-order valence-corrected chi connectivity index (χ3v) is 2.72. The molecule has 0 heterocycles. The number of hydrogen-bond donors (Lipinski definition) is 1. The molecule has 0 aromatic heterocycles. The lowest BCUT2D eigenvalue weighted by Gasteiger charge is -2.06. The zero-order valence-electron chi connectivity index (χ0n) is 10.5. The summed E-state index contributed by atoms with van der Waals surface area (Å²) in [4.78, 5) is 0. The number of nitrogens with one attached hydrogen (secondary N) is 1. The quantitative estimate of drug-likeness (QED) is 0.676. The maximum absolute atomic E-state index is 5.87. The van der Waals surface area contributed by atoms with Gasteiger partial charge >= 0.3 is 0 Å². The Kier molecular flexibility index (Phi) is 7.85. The van der Waals surface area contributed by atoms with E-state index in [9.17, 15) is 0 Å². The van der Waals surface area contributed by atoms with E-state index in [1.807, 2.05) is 24.3 Å². The van der Waals surface area contributed by atoms with Gasteiger partial charge in [0.25, 0.3) is 0 Å². The molecule has 1 aromatic carbocycles. The van der Waals surface area contributed by atoms with E-state index in [2.05, 4.69) is 12.2 Å². The zero-order chi connectivity index (χ0) is 12.3. The molecular weight excluding hydrogens is 234 g/mol. The van der Waals surface area contributed by atoms with E-state index in [1.165, 1.54) is 19.3 Å². The number of benzene rings is 1. The Morgan fingerprint density at radius 3 is 2.82 bits per heavy atom. The van der Waals surface area contributed by atoms with E-state index in [-0.39, 0.29) is 0 Å². The molecule has 1 rings (SSSR count). The molecule has 0 aliphatic rings. The number of unbranched alkanes of at least 4 members (excludes halogenated alkanes) is 2. The van der Waals surface area contributed by atoms with Crippen molar-refractivity contribution in [2.75, 3.05) is 19.7 Å². The fourth-order valence-electron chi connectivity index (χ4n) is 1.58. The van der Waals surface area contributed by atoms with Gasteiger partial charge in [-0.15, -0.1) is 0 Å². The molecule has 0 radical (unpaired) electrons. The first kappa shape index (κ1) is 14.3. The average Bonchev–Trinajstić information content (AvgIpc) is 2.33. The Labute approximate surface area is 109 Å². The minimum absolute atomic E-state index is 0.728. The van der Waals surface area contributed by atoms with Crippen molar-refractivity contribution in [3.8, 4) is 5.75 Å². The van der Waals surface area contributed by atoms with Gasteiger partial charge in [-0.3, -0.25) is 0 Å². The minimum atomic E-state index is 0.728. The van der Waals surface area contributed by atoms with Gasteiger partial charge in [-0.1, -0.05) is 24.6 Å². The van der Waals surface area contributed by atoms with Crippen LogP contribution in [0.1, 0.15) is 32.6 Å². The zero-order valence-corrected chi connectivity index (χ0v) is 11.3. The molecule has 0 saturated carbocycles. The molecule has 0 saturated heterocycles. The predicted molar refractivity (Wildman–Crippen MR) is 74.0 cm³/mol. The SMILES string of the molecule is CCCNCCCCCOc1cccc(Cl)c1. The van der Waals surface area contributed by atoms with Gasteiger partial charge < -0.3 is 10.1 Å². The van der Waals surface area contributed by atoms with Crippen molar-refractivity contribution in [3.63, 3.8) is 0 Å². The Morgan fingerprint density at radius 2 is 2.06 bits per heavy atom. The summed E-state index contributed by atoms with van der Waals surface area (Å²) in [7, 11) is 0. The summed E-state index contributed by atoms with van der Waals surface area (Å²) >= 11 is 5.87. The van der Waals surface area contributed by atoms with Crippen LogP contribution in [-0.4, -0.2) is 19.7 Å². The van der Waals surface area contributed by atoms with Gasteiger partial charge in [0, 0.05) is 5.02 Å². The fraction of sp³-hybridized carbons (Fsp3) is 0.571. The average molecular weight is 256 g/mol. The number of halogens is 1. The smallest absolute Gasteiger partial charge is 0.120 e. The molecule has 3 heteroatoms. The lowest BCUT2D eigenvalue weighted by Crippen LogP contribution is -2.15. The van der Waals surface area contributed by atoms with E-state index in [0.717, 1.165) is 36.9 Å². The van der Waals surface area contributed by atoms with Crippen LogP contribution in [0.5, 0.6) is 5.75 Å². The van der Waals surface area contributed by atoms with Gasteiger partial charge in [0.2, 0.25) is 0 Å². The maximum atomic E-state index is 5.87. The van der Waals surface area contributed by atoms with Crippen LogP contribution in [0.2, 0.25) is 5.02 Å². The van der Waals surface area contributed by atoms with Crippen molar-refractivity contribution in [1.29, 1.82) is 0 Å². The normalized spacial score (nSPS) is 10.5. The molecule has 0 fully saturated rings. The lowest BCUT2D eigenvalue weighted by atomic mass is 10.2. The summed E-state index contributed by atoms with van der Waals surface area (Å²) in [5.74, 6) is 0.863. The summed E-state index contributed by atoms with van der Waals surface area (Å²) < 4.78 is 5.61. The molecule has 96 valence electrons. The Balaban J connectivity index is 1.97. The van der Waals surface area contributed by atoms with Gasteiger partial charge in [-0.05, 0) is 57.0 Å². The Bertz CT molecular complexity index is 304. The summed E-state index contributed by atoms with van der Waals surface area (Å²) in [5, 5.41) is 4.12. The molecule has 17 heavy (non-hydrogen) atoms. The fourth-order valence-corrected chi connectivity index (χ4v) is 1.76. The first-order valence-electron chi connectivity index (χ1n) is 6.42. The summed E-state index contributed by atoms with van der Waals surface area (Å²) in [6.45, 7) is 5.20. The molecule has 0 aliphatic carbocycles. The monoisotopic (exact) mass is 255 g/mol. The van der Waals surface area contributed by atoms with Gasteiger partial charge in [-0.2, -0.15) is 0 Å². The van der Waals surface area contributed by atoms with Crippen LogP contribution >= 0.6 is 11.6 Å². The van der Waals surface area contributed by atoms with Crippen molar-refractivity contribution in [2.24, 2.45) is 0 Å².